The van der Waals surface area contributed by atoms with E-state index in [9.17, 15) is 9.50 Å². The molecule has 0 radical (unpaired) electrons. The van der Waals surface area contributed by atoms with Crippen molar-refractivity contribution in [2.75, 3.05) is 7.11 Å². The van der Waals surface area contributed by atoms with Crippen LogP contribution in [0.1, 0.15) is 0 Å². The molecule has 0 aliphatic heterocycles. The molecule has 5 nitrogen and oxygen atoms in total. The van der Waals surface area contributed by atoms with Crippen molar-refractivity contribution < 1.29 is 18.8 Å². The van der Waals surface area contributed by atoms with Crippen molar-refractivity contribution in [2.45, 2.75) is 0 Å². The summed E-state index contributed by atoms with van der Waals surface area (Å²) in [5.74, 6) is -0.158. The van der Waals surface area contributed by atoms with E-state index >= 15 is 0 Å². The Kier molecular flexibility index (Phi) is 3.27. The summed E-state index contributed by atoms with van der Waals surface area (Å²) in [4.78, 5) is 4.12. The van der Waals surface area contributed by atoms with Crippen LogP contribution >= 0.6 is 0 Å². The van der Waals surface area contributed by atoms with Crippen LogP contribution in [-0.4, -0.2) is 22.4 Å². The number of hydrogen-bond donors (Lipinski definition) is 1. The lowest BCUT2D eigenvalue weighted by Gasteiger charge is -2.03. The van der Waals surface area contributed by atoms with E-state index < -0.39 is 5.82 Å². The molecule has 2 aromatic carbocycles. The van der Waals surface area contributed by atoms with Gasteiger partial charge in [0.1, 0.15) is 22.9 Å². The maximum atomic E-state index is 13.8. The van der Waals surface area contributed by atoms with Crippen molar-refractivity contribution in [1.82, 2.24) is 10.1 Å². The highest BCUT2D eigenvalue weighted by molar-refractivity contribution is 5.68. The molecule has 0 aliphatic carbocycles. The number of halogens is 1. The second-order valence-electron chi connectivity index (χ2n) is 4.26. The standard InChI is InChI=1S/C15H11FN2O3/c1-20-12-8-3-2-5-9(12)14-17-15(21-18-14)13-10(16)6-4-7-11(13)19/h2-8,19H,1H3. The molecule has 0 fully saturated rings. The molecule has 21 heavy (non-hydrogen) atoms. The molecule has 0 aliphatic rings. The Labute approximate surface area is 119 Å². The molecule has 3 rings (SSSR count). The highest BCUT2D eigenvalue weighted by atomic mass is 19.1. The molecule has 3 aromatic rings. The zero-order valence-corrected chi connectivity index (χ0v) is 11.1. The highest BCUT2D eigenvalue weighted by Gasteiger charge is 2.19. The monoisotopic (exact) mass is 286 g/mol. The maximum absolute atomic E-state index is 13.8. The first-order valence-electron chi connectivity index (χ1n) is 6.15. The van der Waals surface area contributed by atoms with Crippen LogP contribution in [0.15, 0.2) is 47.0 Å². The smallest absolute Gasteiger partial charge is 0.265 e. The molecule has 0 bridgehead atoms. The zero-order chi connectivity index (χ0) is 14.8. The number of hydrogen-bond acceptors (Lipinski definition) is 5. The number of nitrogens with zero attached hydrogens (tertiary/aromatic N) is 2. The van der Waals surface area contributed by atoms with Gasteiger partial charge in [-0.25, -0.2) is 4.39 Å². The highest BCUT2D eigenvalue weighted by Crippen LogP contribution is 2.33. The van der Waals surface area contributed by atoms with Crippen molar-refractivity contribution in [3.63, 3.8) is 0 Å². The average Bonchev–Trinajstić information content (AvgIpc) is 2.96. The molecular formula is C15H11FN2O3. The van der Waals surface area contributed by atoms with E-state index in [0.29, 0.717) is 11.3 Å². The lowest BCUT2D eigenvalue weighted by atomic mass is 10.1. The SMILES string of the molecule is COc1ccccc1-c1noc(-c2c(O)cccc2F)n1. The third-order valence-electron chi connectivity index (χ3n) is 2.98. The Morgan fingerprint density at radius 1 is 1.14 bits per heavy atom. The summed E-state index contributed by atoms with van der Waals surface area (Å²) in [7, 11) is 1.53. The number of rotatable bonds is 3. The van der Waals surface area contributed by atoms with E-state index in [1.807, 2.05) is 6.07 Å². The summed E-state index contributed by atoms with van der Waals surface area (Å²) in [6.45, 7) is 0. The Morgan fingerprint density at radius 3 is 2.71 bits per heavy atom. The Morgan fingerprint density at radius 2 is 1.95 bits per heavy atom. The topological polar surface area (TPSA) is 68.4 Å². The number of aromatic hydroxyl groups is 1. The molecular weight excluding hydrogens is 275 g/mol. The van der Waals surface area contributed by atoms with Crippen LogP contribution in [0.3, 0.4) is 0 Å². The first kappa shape index (κ1) is 13.1. The molecule has 0 unspecified atom stereocenters. The van der Waals surface area contributed by atoms with Gasteiger partial charge in [0, 0.05) is 0 Å². The fourth-order valence-electron chi connectivity index (χ4n) is 1.99. The van der Waals surface area contributed by atoms with E-state index in [-0.39, 0.29) is 23.0 Å². The van der Waals surface area contributed by atoms with Crippen molar-refractivity contribution in [1.29, 1.82) is 0 Å². The summed E-state index contributed by atoms with van der Waals surface area (Å²) in [6, 6.07) is 11.1. The maximum Gasteiger partial charge on any atom is 0.265 e. The molecule has 0 saturated carbocycles. The predicted molar refractivity (Wildman–Crippen MR) is 73.3 cm³/mol. The van der Waals surface area contributed by atoms with Crippen LogP contribution in [-0.2, 0) is 0 Å². The van der Waals surface area contributed by atoms with Gasteiger partial charge in [0.2, 0.25) is 5.82 Å². The summed E-state index contributed by atoms with van der Waals surface area (Å²) < 4.78 is 24.0. The minimum absolute atomic E-state index is 0.0912. The average molecular weight is 286 g/mol. The first-order chi connectivity index (χ1) is 10.2. The quantitative estimate of drug-likeness (QED) is 0.800. The molecule has 6 heteroatoms. The lowest BCUT2D eigenvalue weighted by molar-refractivity contribution is 0.412. The molecule has 0 spiro atoms. The predicted octanol–water partition coefficient (Wildman–Crippen LogP) is 3.26. The van der Waals surface area contributed by atoms with Gasteiger partial charge in [0.15, 0.2) is 0 Å². The van der Waals surface area contributed by atoms with Crippen molar-refractivity contribution in [3.8, 4) is 34.3 Å². The van der Waals surface area contributed by atoms with E-state index in [1.54, 1.807) is 18.2 Å². The van der Waals surface area contributed by atoms with Crippen LogP contribution in [0.4, 0.5) is 4.39 Å². The van der Waals surface area contributed by atoms with Gasteiger partial charge in [0.25, 0.3) is 5.89 Å². The van der Waals surface area contributed by atoms with Gasteiger partial charge >= 0.3 is 0 Å². The molecule has 1 N–H and O–H groups in total. The van der Waals surface area contributed by atoms with Crippen molar-refractivity contribution >= 4 is 0 Å². The van der Waals surface area contributed by atoms with Gasteiger partial charge in [-0.1, -0.05) is 23.4 Å². The van der Waals surface area contributed by atoms with Gasteiger partial charge in [-0.15, -0.1) is 0 Å². The van der Waals surface area contributed by atoms with E-state index in [0.717, 1.165) is 0 Å². The first-order valence-corrected chi connectivity index (χ1v) is 6.15. The Hall–Kier alpha value is -2.89. The van der Waals surface area contributed by atoms with E-state index in [4.69, 9.17) is 9.26 Å². The van der Waals surface area contributed by atoms with Gasteiger partial charge in [0.05, 0.1) is 12.7 Å². The number of benzene rings is 2. The van der Waals surface area contributed by atoms with Gasteiger partial charge < -0.3 is 14.4 Å². The van der Waals surface area contributed by atoms with Crippen LogP contribution < -0.4 is 4.74 Å². The Balaban J connectivity index is 2.09. The third-order valence-corrected chi connectivity index (χ3v) is 2.98. The van der Waals surface area contributed by atoms with Crippen LogP contribution in [0.5, 0.6) is 11.5 Å². The normalized spacial score (nSPS) is 10.6. The largest absolute Gasteiger partial charge is 0.507 e. The Bertz CT molecular complexity index is 766. The molecule has 0 atom stereocenters. The van der Waals surface area contributed by atoms with Crippen LogP contribution in [0, 0.1) is 5.82 Å². The lowest BCUT2D eigenvalue weighted by Crippen LogP contribution is -1.89. The summed E-state index contributed by atoms with van der Waals surface area (Å²) >= 11 is 0. The fourth-order valence-corrected chi connectivity index (χ4v) is 1.99. The molecule has 106 valence electrons. The number of phenols is 1. The van der Waals surface area contributed by atoms with E-state index in [2.05, 4.69) is 10.1 Å². The van der Waals surface area contributed by atoms with Crippen molar-refractivity contribution in [3.05, 3.63) is 48.3 Å². The number of methoxy groups -OCH3 is 1. The zero-order valence-electron chi connectivity index (χ0n) is 11.1. The van der Waals surface area contributed by atoms with Gasteiger partial charge in [-0.05, 0) is 24.3 Å². The number of phenolic OH excluding ortho intramolecular Hbond substituents is 1. The number of aromatic nitrogens is 2. The summed E-state index contributed by atoms with van der Waals surface area (Å²) in [5.41, 5.74) is 0.497. The molecule has 1 heterocycles. The fraction of sp³-hybridized carbons (Fsp3) is 0.0667. The van der Waals surface area contributed by atoms with Crippen LogP contribution in [0.25, 0.3) is 22.8 Å². The second-order valence-corrected chi connectivity index (χ2v) is 4.26. The third kappa shape index (κ3) is 2.31. The molecule has 1 aromatic heterocycles. The van der Waals surface area contributed by atoms with Crippen molar-refractivity contribution in [2.24, 2.45) is 0 Å². The summed E-state index contributed by atoms with van der Waals surface area (Å²) in [6.07, 6.45) is 0. The van der Waals surface area contributed by atoms with E-state index in [1.165, 1.54) is 25.3 Å². The minimum atomic E-state index is -0.634. The molecule has 0 saturated heterocycles. The minimum Gasteiger partial charge on any atom is -0.507 e. The second kappa shape index (κ2) is 5.24. The summed E-state index contributed by atoms with van der Waals surface area (Å²) in [5, 5.41) is 13.5. The van der Waals surface area contributed by atoms with Crippen LogP contribution in [0.2, 0.25) is 0 Å². The van der Waals surface area contributed by atoms with Gasteiger partial charge in [-0.3, -0.25) is 0 Å². The number of para-hydroxylation sites is 1. The van der Waals surface area contributed by atoms with Gasteiger partial charge in [-0.2, -0.15) is 4.98 Å². The number of ether oxygens (including phenoxy) is 1. The molecule has 0 amide bonds.